The van der Waals surface area contributed by atoms with Gasteiger partial charge in [-0.25, -0.2) is 4.68 Å². The molecule has 126 valence electrons. The molecular weight excluding hydrogens is 314 g/mol. The highest BCUT2D eigenvalue weighted by atomic mass is 16.6. The summed E-state index contributed by atoms with van der Waals surface area (Å²) in [7, 11) is 0. The van der Waals surface area contributed by atoms with Crippen LogP contribution in [0.1, 0.15) is 11.1 Å². The molecule has 5 nitrogen and oxygen atoms in total. The van der Waals surface area contributed by atoms with Crippen molar-refractivity contribution in [2.75, 3.05) is 25.1 Å². The third-order valence-electron chi connectivity index (χ3n) is 4.75. The third kappa shape index (κ3) is 2.35. The fraction of sp³-hybridized carbons (Fsp3) is 0.250. The van der Waals surface area contributed by atoms with Gasteiger partial charge in [0.05, 0.1) is 11.4 Å². The monoisotopic (exact) mass is 333 g/mol. The molecule has 0 atom stereocenters. The van der Waals surface area contributed by atoms with Crippen LogP contribution < -0.4 is 14.8 Å². The molecule has 0 bridgehead atoms. The van der Waals surface area contributed by atoms with Crippen LogP contribution in [-0.2, 0) is 6.42 Å². The highest BCUT2D eigenvalue weighted by Gasteiger charge is 2.24. The molecule has 0 radical (unpaired) electrons. The molecular formula is C20H19N3O2. The minimum atomic E-state index is 0.584. The van der Waals surface area contributed by atoms with E-state index in [0.717, 1.165) is 47.2 Å². The molecule has 1 aromatic heterocycles. The average Bonchev–Trinajstić information content (AvgIpc) is 3.25. The van der Waals surface area contributed by atoms with Crippen LogP contribution in [0, 0.1) is 6.92 Å². The van der Waals surface area contributed by atoms with Gasteiger partial charge in [-0.1, -0.05) is 29.8 Å². The van der Waals surface area contributed by atoms with E-state index >= 15 is 0 Å². The van der Waals surface area contributed by atoms with Crippen LogP contribution in [-0.4, -0.2) is 29.5 Å². The first kappa shape index (κ1) is 14.4. The zero-order valence-corrected chi connectivity index (χ0v) is 14.1. The molecule has 0 spiro atoms. The lowest BCUT2D eigenvalue weighted by Crippen LogP contribution is -2.15. The number of rotatable bonds is 2. The number of fused-ring (bicyclic) bond motifs is 2. The topological polar surface area (TPSA) is 48.3 Å². The largest absolute Gasteiger partial charge is 0.486 e. The summed E-state index contributed by atoms with van der Waals surface area (Å²) in [5.74, 6) is 2.65. The number of benzene rings is 2. The highest BCUT2D eigenvalue weighted by Crippen LogP contribution is 2.37. The summed E-state index contributed by atoms with van der Waals surface area (Å²) in [6, 6.07) is 14.5. The quantitative estimate of drug-likeness (QED) is 0.779. The lowest BCUT2D eigenvalue weighted by Gasteiger charge is -2.19. The Labute approximate surface area is 146 Å². The van der Waals surface area contributed by atoms with Gasteiger partial charge in [-0.15, -0.1) is 0 Å². The first-order chi connectivity index (χ1) is 12.3. The second kappa shape index (κ2) is 5.55. The van der Waals surface area contributed by atoms with Gasteiger partial charge in [-0.05, 0) is 25.5 Å². The first-order valence-electron chi connectivity index (χ1n) is 8.62. The number of nitrogens with zero attached hydrogens (tertiary/aromatic N) is 2. The van der Waals surface area contributed by atoms with Crippen LogP contribution in [0.2, 0.25) is 0 Å². The summed E-state index contributed by atoms with van der Waals surface area (Å²) in [4.78, 5) is 0. The lowest BCUT2D eigenvalue weighted by molar-refractivity contribution is 0.171. The highest BCUT2D eigenvalue weighted by molar-refractivity contribution is 5.73. The van der Waals surface area contributed by atoms with Crippen LogP contribution in [0.15, 0.2) is 42.5 Å². The Morgan fingerprint density at radius 1 is 1.00 bits per heavy atom. The number of hydrogen-bond donors (Lipinski definition) is 1. The smallest absolute Gasteiger partial charge is 0.163 e. The molecule has 0 saturated heterocycles. The predicted octanol–water partition coefficient (Wildman–Crippen LogP) is 3.59. The molecule has 1 N–H and O–H groups in total. The predicted molar refractivity (Wildman–Crippen MR) is 96.9 cm³/mol. The molecule has 5 rings (SSSR count). The van der Waals surface area contributed by atoms with E-state index in [1.807, 2.05) is 22.9 Å². The molecule has 0 unspecified atom stereocenters. The number of aryl methyl sites for hydroxylation is 1. The Hall–Kier alpha value is -2.95. The van der Waals surface area contributed by atoms with Gasteiger partial charge in [0.1, 0.15) is 19.0 Å². The number of hydrogen-bond acceptors (Lipinski definition) is 4. The Bertz CT molecular complexity index is 944. The van der Waals surface area contributed by atoms with Gasteiger partial charge in [0.2, 0.25) is 0 Å². The standard InChI is InChI=1S/C20H19N3O2/c1-13-2-4-14(5-3-13)19-16-8-9-21-20(16)23(22-19)15-6-7-17-18(12-15)25-11-10-24-17/h2-7,12,21H,8-11H2,1H3. The summed E-state index contributed by atoms with van der Waals surface area (Å²) in [5.41, 5.74) is 5.72. The van der Waals surface area contributed by atoms with Crippen LogP contribution in [0.5, 0.6) is 11.5 Å². The SMILES string of the molecule is Cc1ccc(-c2nn(-c3ccc4c(c3)OCCO4)c3c2CCN3)cc1. The average molecular weight is 333 g/mol. The van der Waals surface area contributed by atoms with Crippen molar-refractivity contribution in [3.05, 3.63) is 53.6 Å². The van der Waals surface area contributed by atoms with Crippen LogP contribution in [0.25, 0.3) is 16.9 Å². The van der Waals surface area contributed by atoms with Crippen molar-refractivity contribution < 1.29 is 9.47 Å². The number of anilines is 1. The van der Waals surface area contributed by atoms with E-state index in [0.29, 0.717) is 13.2 Å². The molecule has 2 aliphatic heterocycles. The zero-order valence-electron chi connectivity index (χ0n) is 14.1. The Morgan fingerprint density at radius 3 is 2.64 bits per heavy atom. The van der Waals surface area contributed by atoms with Crippen LogP contribution >= 0.6 is 0 Å². The third-order valence-corrected chi connectivity index (χ3v) is 4.75. The second-order valence-corrected chi connectivity index (χ2v) is 6.46. The van der Waals surface area contributed by atoms with Crippen molar-refractivity contribution in [3.8, 4) is 28.4 Å². The Kier molecular flexibility index (Phi) is 3.20. The summed E-state index contributed by atoms with van der Waals surface area (Å²) in [6.45, 7) is 4.23. The normalized spacial score (nSPS) is 14.9. The van der Waals surface area contributed by atoms with Gasteiger partial charge in [0, 0.05) is 23.7 Å². The van der Waals surface area contributed by atoms with E-state index in [9.17, 15) is 0 Å². The van der Waals surface area contributed by atoms with Gasteiger partial charge in [-0.2, -0.15) is 5.10 Å². The molecule has 0 saturated carbocycles. The van der Waals surface area contributed by atoms with E-state index < -0.39 is 0 Å². The molecule has 0 fully saturated rings. The van der Waals surface area contributed by atoms with E-state index in [4.69, 9.17) is 14.6 Å². The maximum atomic E-state index is 5.72. The van der Waals surface area contributed by atoms with E-state index in [-0.39, 0.29) is 0 Å². The maximum absolute atomic E-state index is 5.72. The van der Waals surface area contributed by atoms with Crippen molar-refractivity contribution in [3.63, 3.8) is 0 Å². The molecule has 0 amide bonds. The van der Waals surface area contributed by atoms with E-state index in [2.05, 4.69) is 36.5 Å². The zero-order chi connectivity index (χ0) is 16.8. The first-order valence-corrected chi connectivity index (χ1v) is 8.62. The summed E-state index contributed by atoms with van der Waals surface area (Å²) < 4.78 is 13.3. The van der Waals surface area contributed by atoms with Gasteiger partial charge in [0.25, 0.3) is 0 Å². The second-order valence-electron chi connectivity index (χ2n) is 6.46. The molecule has 0 aliphatic carbocycles. The molecule has 3 aromatic rings. The van der Waals surface area contributed by atoms with Gasteiger partial charge >= 0.3 is 0 Å². The molecule has 2 aromatic carbocycles. The van der Waals surface area contributed by atoms with Crippen molar-refractivity contribution in [2.24, 2.45) is 0 Å². The minimum absolute atomic E-state index is 0.584. The fourth-order valence-corrected chi connectivity index (χ4v) is 3.47. The lowest BCUT2D eigenvalue weighted by atomic mass is 10.1. The minimum Gasteiger partial charge on any atom is -0.486 e. The Morgan fingerprint density at radius 2 is 1.80 bits per heavy atom. The van der Waals surface area contributed by atoms with Crippen LogP contribution in [0.3, 0.4) is 0 Å². The van der Waals surface area contributed by atoms with Crippen molar-refractivity contribution in [1.82, 2.24) is 9.78 Å². The number of ether oxygens (including phenoxy) is 2. The van der Waals surface area contributed by atoms with Gasteiger partial charge in [0.15, 0.2) is 11.5 Å². The number of nitrogens with one attached hydrogen (secondary N) is 1. The van der Waals surface area contributed by atoms with Crippen molar-refractivity contribution in [2.45, 2.75) is 13.3 Å². The maximum Gasteiger partial charge on any atom is 0.163 e. The van der Waals surface area contributed by atoms with E-state index in [1.165, 1.54) is 11.1 Å². The molecule has 25 heavy (non-hydrogen) atoms. The summed E-state index contributed by atoms with van der Waals surface area (Å²) in [6.07, 6.45) is 0.989. The summed E-state index contributed by atoms with van der Waals surface area (Å²) >= 11 is 0. The Balaban J connectivity index is 1.63. The van der Waals surface area contributed by atoms with Crippen molar-refractivity contribution in [1.29, 1.82) is 0 Å². The molecule has 3 heterocycles. The fourth-order valence-electron chi connectivity index (χ4n) is 3.47. The van der Waals surface area contributed by atoms with Gasteiger partial charge in [-0.3, -0.25) is 0 Å². The van der Waals surface area contributed by atoms with Crippen LogP contribution in [0.4, 0.5) is 5.82 Å². The van der Waals surface area contributed by atoms with Gasteiger partial charge < -0.3 is 14.8 Å². The number of aromatic nitrogens is 2. The van der Waals surface area contributed by atoms with E-state index in [1.54, 1.807) is 0 Å². The summed E-state index contributed by atoms with van der Waals surface area (Å²) in [5, 5.41) is 8.39. The molecule has 2 aliphatic rings. The molecule has 5 heteroatoms. The van der Waals surface area contributed by atoms with Crippen molar-refractivity contribution >= 4 is 5.82 Å².